The van der Waals surface area contributed by atoms with Crippen molar-refractivity contribution in [2.75, 3.05) is 0 Å². The van der Waals surface area contributed by atoms with Crippen LogP contribution in [0, 0.1) is 6.07 Å². The van der Waals surface area contributed by atoms with Crippen LogP contribution >= 0.6 is 0 Å². The summed E-state index contributed by atoms with van der Waals surface area (Å²) in [5, 5.41) is 0. The Hall–Kier alpha value is -0.980. The van der Waals surface area contributed by atoms with Crippen LogP contribution in [0.3, 0.4) is 0 Å². The van der Waals surface area contributed by atoms with Gasteiger partial charge in [0, 0.05) is 6.07 Å². The lowest BCUT2D eigenvalue weighted by molar-refractivity contribution is 0.130. The average molecular weight is 149 g/mol. The molecule has 0 fully saturated rings. The zero-order valence-corrected chi connectivity index (χ0v) is 7.22. The van der Waals surface area contributed by atoms with Crippen LogP contribution in [0.5, 0.6) is 5.75 Å². The minimum absolute atomic E-state index is 0.127. The van der Waals surface area contributed by atoms with Crippen LogP contribution in [0.2, 0.25) is 0 Å². The summed E-state index contributed by atoms with van der Waals surface area (Å²) in [7, 11) is 0. The van der Waals surface area contributed by atoms with Crippen molar-refractivity contribution in [2.24, 2.45) is 0 Å². The standard InChI is InChI=1S/C10H13O/c1-10(2,3)11-9-7-5-4-6-8-9/h4-7H,1-3H3. The Bertz CT molecular complexity index is 208. The highest BCUT2D eigenvalue weighted by Gasteiger charge is 2.10. The molecule has 0 amide bonds. The molecule has 0 atom stereocenters. The van der Waals surface area contributed by atoms with E-state index in [0.717, 1.165) is 5.75 Å². The SMILES string of the molecule is CC(C)(C)Oc1[c]cccc1. The van der Waals surface area contributed by atoms with Gasteiger partial charge >= 0.3 is 0 Å². The molecule has 0 aromatic heterocycles. The topological polar surface area (TPSA) is 9.23 Å². The van der Waals surface area contributed by atoms with E-state index in [4.69, 9.17) is 4.74 Å². The number of ether oxygens (including phenoxy) is 1. The van der Waals surface area contributed by atoms with Gasteiger partial charge in [-0.05, 0) is 26.8 Å². The summed E-state index contributed by atoms with van der Waals surface area (Å²) in [5.41, 5.74) is -0.127. The van der Waals surface area contributed by atoms with Gasteiger partial charge in [0.1, 0.15) is 11.4 Å². The van der Waals surface area contributed by atoms with Crippen molar-refractivity contribution in [2.45, 2.75) is 26.4 Å². The molecular formula is C10H13O. The fraction of sp³-hybridized carbons (Fsp3) is 0.400. The van der Waals surface area contributed by atoms with Crippen LogP contribution in [-0.2, 0) is 0 Å². The molecule has 59 valence electrons. The van der Waals surface area contributed by atoms with Gasteiger partial charge in [0.05, 0.1) is 0 Å². The Morgan fingerprint density at radius 3 is 2.45 bits per heavy atom. The van der Waals surface area contributed by atoms with Crippen molar-refractivity contribution in [3.05, 3.63) is 30.3 Å². The van der Waals surface area contributed by atoms with Crippen LogP contribution < -0.4 is 4.74 Å². The first-order chi connectivity index (χ1) is 5.08. The van der Waals surface area contributed by atoms with Crippen LogP contribution in [0.15, 0.2) is 24.3 Å². The summed E-state index contributed by atoms with van der Waals surface area (Å²) in [4.78, 5) is 0. The molecule has 0 saturated carbocycles. The molecule has 0 saturated heterocycles. The molecule has 0 heterocycles. The molecule has 1 radical (unpaired) electrons. The quantitative estimate of drug-likeness (QED) is 0.596. The van der Waals surface area contributed by atoms with Crippen LogP contribution in [0.4, 0.5) is 0 Å². The van der Waals surface area contributed by atoms with E-state index in [9.17, 15) is 0 Å². The van der Waals surface area contributed by atoms with E-state index in [1.165, 1.54) is 0 Å². The molecular weight excluding hydrogens is 136 g/mol. The van der Waals surface area contributed by atoms with Gasteiger partial charge in [-0.1, -0.05) is 18.2 Å². The molecule has 0 N–H and O–H groups in total. The summed E-state index contributed by atoms with van der Waals surface area (Å²) < 4.78 is 5.55. The fourth-order valence-corrected chi connectivity index (χ4v) is 0.770. The maximum absolute atomic E-state index is 5.55. The molecule has 1 aromatic carbocycles. The first-order valence-corrected chi connectivity index (χ1v) is 3.74. The zero-order chi connectivity index (χ0) is 8.32. The van der Waals surface area contributed by atoms with Crippen molar-refractivity contribution in [1.82, 2.24) is 0 Å². The van der Waals surface area contributed by atoms with Gasteiger partial charge < -0.3 is 4.74 Å². The normalized spacial score (nSPS) is 11.2. The predicted octanol–water partition coefficient (Wildman–Crippen LogP) is 2.66. The van der Waals surface area contributed by atoms with Crippen molar-refractivity contribution in [3.63, 3.8) is 0 Å². The average Bonchev–Trinajstić information content (AvgIpc) is 1.85. The van der Waals surface area contributed by atoms with E-state index in [-0.39, 0.29) is 5.60 Å². The monoisotopic (exact) mass is 149 g/mol. The molecule has 0 bridgehead atoms. The second-order valence-corrected chi connectivity index (χ2v) is 3.44. The van der Waals surface area contributed by atoms with E-state index in [1.807, 2.05) is 45.0 Å². The lowest BCUT2D eigenvalue weighted by Gasteiger charge is -2.20. The first kappa shape index (κ1) is 8.12. The number of hydrogen-bond donors (Lipinski definition) is 0. The van der Waals surface area contributed by atoms with Crippen LogP contribution in [0.25, 0.3) is 0 Å². The largest absolute Gasteiger partial charge is 0.488 e. The third-order valence-corrected chi connectivity index (χ3v) is 1.10. The molecule has 1 heteroatoms. The van der Waals surface area contributed by atoms with Gasteiger partial charge in [0.25, 0.3) is 0 Å². The van der Waals surface area contributed by atoms with E-state index in [2.05, 4.69) is 6.07 Å². The highest BCUT2D eigenvalue weighted by Crippen LogP contribution is 2.15. The Labute approximate surface area is 68.0 Å². The molecule has 1 nitrogen and oxygen atoms in total. The lowest BCUT2D eigenvalue weighted by atomic mass is 10.2. The Kier molecular flexibility index (Phi) is 2.18. The second-order valence-electron chi connectivity index (χ2n) is 3.44. The number of benzene rings is 1. The van der Waals surface area contributed by atoms with Gasteiger partial charge in [-0.3, -0.25) is 0 Å². The highest BCUT2D eigenvalue weighted by atomic mass is 16.5. The van der Waals surface area contributed by atoms with E-state index in [1.54, 1.807) is 0 Å². The summed E-state index contributed by atoms with van der Waals surface area (Å²) >= 11 is 0. The molecule has 0 aliphatic carbocycles. The zero-order valence-electron chi connectivity index (χ0n) is 7.22. The van der Waals surface area contributed by atoms with E-state index >= 15 is 0 Å². The van der Waals surface area contributed by atoms with Crippen LogP contribution in [0.1, 0.15) is 20.8 Å². The number of rotatable bonds is 1. The third-order valence-electron chi connectivity index (χ3n) is 1.10. The number of hydrogen-bond acceptors (Lipinski definition) is 1. The van der Waals surface area contributed by atoms with Crippen molar-refractivity contribution >= 4 is 0 Å². The molecule has 0 spiro atoms. The van der Waals surface area contributed by atoms with Crippen molar-refractivity contribution < 1.29 is 4.74 Å². The summed E-state index contributed by atoms with van der Waals surface area (Å²) in [6.07, 6.45) is 0. The van der Waals surface area contributed by atoms with Crippen molar-refractivity contribution in [1.29, 1.82) is 0 Å². The van der Waals surface area contributed by atoms with Gasteiger partial charge in [0.2, 0.25) is 0 Å². The minimum atomic E-state index is -0.127. The smallest absolute Gasteiger partial charge is 0.128 e. The van der Waals surface area contributed by atoms with Gasteiger partial charge in [-0.2, -0.15) is 0 Å². The summed E-state index contributed by atoms with van der Waals surface area (Å²) in [6, 6.07) is 10.6. The Morgan fingerprint density at radius 2 is 2.00 bits per heavy atom. The number of para-hydroxylation sites is 1. The van der Waals surface area contributed by atoms with E-state index < -0.39 is 0 Å². The molecule has 0 aliphatic heterocycles. The van der Waals surface area contributed by atoms with E-state index in [0.29, 0.717) is 0 Å². The molecule has 1 aromatic rings. The minimum Gasteiger partial charge on any atom is -0.488 e. The maximum atomic E-state index is 5.55. The van der Waals surface area contributed by atoms with Gasteiger partial charge in [0.15, 0.2) is 0 Å². The lowest BCUT2D eigenvalue weighted by Crippen LogP contribution is -2.22. The second kappa shape index (κ2) is 2.95. The molecule has 11 heavy (non-hydrogen) atoms. The highest BCUT2D eigenvalue weighted by molar-refractivity contribution is 5.19. The Morgan fingerprint density at radius 1 is 1.27 bits per heavy atom. The molecule has 0 unspecified atom stereocenters. The summed E-state index contributed by atoms with van der Waals surface area (Å²) in [6.45, 7) is 6.06. The van der Waals surface area contributed by atoms with Crippen molar-refractivity contribution in [3.8, 4) is 5.75 Å². The first-order valence-electron chi connectivity index (χ1n) is 3.74. The molecule has 1 rings (SSSR count). The Balaban J connectivity index is 2.66. The summed E-state index contributed by atoms with van der Waals surface area (Å²) in [5.74, 6) is 0.806. The fourth-order valence-electron chi connectivity index (χ4n) is 0.770. The molecule has 0 aliphatic rings. The third kappa shape index (κ3) is 3.08. The predicted molar refractivity (Wildman–Crippen MR) is 45.7 cm³/mol. The van der Waals surface area contributed by atoms with Gasteiger partial charge in [-0.15, -0.1) is 0 Å². The maximum Gasteiger partial charge on any atom is 0.128 e. The van der Waals surface area contributed by atoms with Gasteiger partial charge in [-0.25, -0.2) is 0 Å². The van der Waals surface area contributed by atoms with Crippen LogP contribution in [-0.4, -0.2) is 5.60 Å².